The van der Waals surface area contributed by atoms with Gasteiger partial charge in [0.15, 0.2) is 0 Å². The first-order valence-electron chi connectivity index (χ1n) is 5.46. The minimum Gasteiger partial charge on any atom is -0.363 e. The number of aromatic nitrogens is 2. The van der Waals surface area contributed by atoms with Gasteiger partial charge >= 0.3 is 0 Å². The molecule has 0 spiro atoms. The lowest BCUT2D eigenvalue weighted by Crippen LogP contribution is -2.10. The number of halogens is 1. The van der Waals surface area contributed by atoms with Crippen molar-refractivity contribution >= 4 is 28.4 Å². The van der Waals surface area contributed by atoms with Crippen molar-refractivity contribution < 1.29 is 0 Å². The van der Waals surface area contributed by atoms with E-state index in [-0.39, 0.29) is 6.04 Å². The van der Waals surface area contributed by atoms with Crippen molar-refractivity contribution in [3.8, 4) is 0 Å². The van der Waals surface area contributed by atoms with Gasteiger partial charge in [0.1, 0.15) is 12.1 Å². The molecule has 1 atom stereocenters. The number of benzene rings is 1. The van der Waals surface area contributed by atoms with Gasteiger partial charge in [-0.1, -0.05) is 24.3 Å². The molecule has 0 bridgehead atoms. The number of rotatable bonds is 3. The number of anilines is 1. The van der Waals surface area contributed by atoms with Crippen LogP contribution in [0.15, 0.2) is 36.8 Å². The second kappa shape index (κ2) is 5.44. The Balaban J connectivity index is 2.20. The number of nitrogens with zero attached hydrogens (tertiary/aromatic N) is 2. The van der Waals surface area contributed by atoms with E-state index in [0.29, 0.717) is 0 Å². The molecule has 0 aliphatic carbocycles. The summed E-state index contributed by atoms with van der Waals surface area (Å²) in [6.45, 7) is 4.26. The molecule has 1 aromatic heterocycles. The first-order chi connectivity index (χ1) is 8.18. The summed E-state index contributed by atoms with van der Waals surface area (Å²) in [5.41, 5.74) is 2.58. The molecule has 0 fully saturated rings. The van der Waals surface area contributed by atoms with Crippen LogP contribution in [0.1, 0.15) is 24.1 Å². The molecule has 0 amide bonds. The van der Waals surface area contributed by atoms with Gasteiger partial charge in [0.25, 0.3) is 0 Å². The van der Waals surface area contributed by atoms with E-state index in [9.17, 15) is 0 Å². The van der Waals surface area contributed by atoms with E-state index < -0.39 is 0 Å². The van der Waals surface area contributed by atoms with Crippen LogP contribution in [0, 0.1) is 10.5 Å². The number of hydrogen-bond acceptors (Lipinski definition) is 3. The Morgan fingerprint density at radius 3 is 2.76 bits per heavy atom. The van der Waals surface area contributed by atoms with Crippen molar-refractivity contribution in [3.63, 3.8) is 0 Å². The average molecular weight is 339 g/mol. The molecule has 1 aromatic carbocycles. The summed E-state index contributed by atoms with van der Waals surface area (Å²) in [5.74, 6) is 0.886. The van der Waals surface area contributed by atoms with Crippen LogP contribution in [0.25, 0.3) is 0 Å². The largest absolute Gasteiger partial charge is 0.363 e. The molecule has 1 N–H and O–H groups in total. The predicted octanol–water partition coefficient (Wildman–Crippen LogP) is 3.56. The predicted molar refractivity (Wildman–Crippen MR) is 78.0 cm³/mol. The minimum atomic E-state index is 0.236. The van der Waals surface area contributed by atoms with E-state index >= 15 is 0 Å². The molecule has 1 unspecified atom stereocenters. The van der Waals surface area contributed by atoms with Crippen molar-refractivity contribution in [1.29, 1.82) is 0 Å². The molecular weight excluding hydrogens is 325 g/mol. The fourth-order valence-corrected chi connectivity index (χ4v) is 2.23. The van der Waals surface area contributed by atoms with Gasteiger partial charge < -0.3 is 5.32 Å². The lowest BCUT2D eigenvalue weighted by Gasteiger charge is -2.17. The average Bonchev–Trinajstić information content (AvgIpc) is 2.32. The van der Waals surface area contributed by atoms with Crippen molar-refractivity contribution in [1.82, 2.24) is 9.97 Å². The number of hydrogen-bond donors (Lipinski definition) is 1. The van der Waals surface area contributed by atoms with Gasteiger partial charge in [0, 0.05) is 6.20 Å². The number of aryl methyl sites for hydroxylation is 1. The maximum atomic E-state index is 4.24. The quantitative estimate of drug-likeness (QED) is 0.869. The van der Waals surface area contributed by atoms with Crippen LogP contribution in [0.4, 0.5) is 5.82 Å². The molecule has 0 saturated carbocycles. The van der Waals surface area contributed by atoms with Gasteiger partial charge in [-0.05, 0) is 47.6 Å². The van der Waals surface area contributed by atoms with Crippen LogP contribution >= 0.6 is 22.6 Å². The van der Waals surface area contributed by atoms with Gasteiger partial charge in [-0.3, -0.25) is 0 Å². The highest BCUT2D eigenvalue weighted by Gasteiger charge is 2.09. The van der Waals surface area contributed by atoms with Crippen LogP contribution in [0.2, 0.25) is 0 Å². The summed E-state index contributed by atoms with van der Waals surface area (Å²) >= 11 is 2.23. The van der Waals surface area contributed by atoms with Crippen LogP contribution < -0.4 is 5.32 Å². The van der Waals surface area contributed by atoms with E-state index in [1.807, 2.05) is 0 Å². The van der Waals surface area contributed by atoms with Crippen molar-refractivity contribution in [2.24, 2.45) is 0 Å². The highest BCUT2D eigenvalue weighted by atomic mass is 127. The summed E-state index contributed by atoms with van der Waals surface area (Å²) in [6.07, 6.45) is 3.37. The zero-order valence-electron chi connectivity index (χ0n) is 9.81. The Hall–Kier alpha value is -1.17. The fraction of sp³-hybridized carbons (Fsp3) is 0.231. The van der Waals surface area contributed by atoms with E-state index in [4.69, 9.17) is 0 Å². The van der Waals surface area contributed by atoms with Crippen LogP contribution in [0.5, 0.6) is 0 Å². The zero-order chi connectivity index (χ0) is 12.3. The molecule has 2 rings (SSSR count). The molecule has 0 radical (unpaired) electrons. The van der Waals surface area contributed by atoms with Crippen LogP contribution in [0.3, 0.4) is 0 Å². The maximum absolute atomic E-state index is 4.24. The second-order valence-electron chi connectivity index (χ2n) is 3.94. The molecule has 0 aliphatic heterocycles. The van der Waals surface area contributed by atoms with Gasteiger partial charge in [0.2, 0.25) is 0 Å². The summed E-state index contributed by atoms with van der Waals surface area (Å²) < 4.78 is 1.03. The zero-order valence-corrected chi connectivity index (χ0v) is 12.0. The highest BCUT2D eigenvalue weighted by molar-refractivity contribution is 14.1. The third-order valence-corrected chi connectivity index (χ3v) is 3.47. The summed E-state index contributed by atoms with van der Waals surface area (Å²) in [6, 6.07) is 8.62. The standard InChI is InChI=1S/C13H14IN3/c1-9-5-3-4-6-11(9)10(2)17-13-12(14)7-15-8-16-13/h3-8,10H,1-2H3,(H,15,16,17). The Morgan fingerprint density at radius 1 is 1.29 bits per heavy atom. The van der Waals surface area contributed by atoms with E-state index in [1.54, 1.807) is 12.5 Å². The Bertz CT molecular complexity index is 514. The van der Waals surface area contributed by atoms with E-state index in [0.717, 1.165) is 9.39 Å². The topological polar surface area (TPSA) is 37.8 Å². The lowest BCUT2D eigenvalue weighted by atomic mass is 10.0. The Labute approximate surface area is 115 Å². The van der Waals surface area contributed by atoms with E-state index in [1.165, 1.54) is 11.1 Å². The van der Waals surface area contributed by atoms with Crippen LogP contribution in [-0.2, 0) is 0 Å². The Kier molecular flexibility index (Phi) is 3.93. The lowest BCUT2D eigenvalue weighted by molar-refractivity contribution is 0.860. The molecule has 0 saturated heterocycles. The molecule has 4 heteroatoms. The molecule has 17 heavy (non-hydrogen) atoms. The molecule has 1 heterocycles. The van der Waals surface area contributed by atoms with Crippen molar-refractivity contribution in [3.05, 3.63) is 51.5 Å². The third kappa shape index (κ3) is 2.94. The first-order valence-corrected chi connectivity index (χ1v) is 6.54. The fourth-order valence-electron chi connectivity index (χ4n) is 1.77. The summed E-state index contributed by atoms with van der Waals surface area (Å²) in [5, 5.41) is 3.41. The van der Waals surface area contributed by atoms with Gasteiger partial charge in [0.05, 0.1) is 9.61 Å². The molecule has 3 nitrogen and oxygen atoms in total. The van der Waals surface area contributed by atoms with E-state index in [2.05, 4.69) is 76.0 Å². The normalized spacial score (nSPS) is 12.2. The third-order valence-electron chi connectivity index (χ3n) is 2.68. The highest BCUT2D eigenvalue weighted by Crippen LogP contribution is 2.22. The van der Waals surface area contributed by atoms with Gasteiger partial charge in [-0.2, -0.15) is 0 Å². The molecule has 88 valence electrons. The SMILES string of the molecule is Cc1ccccc1C(C)Nc1ncncc1I. The van der Waals surface area contributed by atoms with Crippen LogP contribution in [-0.4, -0.2) is 9.97 Å². The smallest absolute Gasteiger partial charge is 0.143 e. The first kappa shape index (κ1) is 12.3. The van der Waals surface area contributed by atoms with Gasteiger partial charge in [-0.25, -0.2) is 9.97 Å². The second-order valence-corrected chi connectivity index (χ2v) is 5.10. The van der Waals surface area contributed by atoms with Gasteiger partial charge in [-0.15, -0.1) is 0 Å². The summed E-state index contributed by atoms with van der Waals surface area (Å²) in [7, 11) is 0. The maximum Gasteiger partial charge on any atom is 0.143 e. The minimum absolute atomic E-state index is 0.236. The monoisotopic (exact) mass is 339 g/mol. The van der Waals surface area contributed by atoms with Crippen molar-refractivity contribution in [2.45, 2.75) is 19.9 Å². The summed E-state index contributed by atoms with van der Waals surface area (Å²) in [4.78, 5) is 8.23. The molecular formula is C13H14IN3. The molecule has 0 aliphatic rings. The Morgan fingerprint density at radius 2 is 2.06 bits per heavy atom. The number of nitrogens with one attached hydrogen (secondary N) is 1. The van der Waals surface area contributed by atoms with Crippen molar-refractivity contribution in [2.75, 3.05) is 5.32 Å². The molecule has 2 aromatic rings.